The molecule has 30 heavy (non-hydrogen) atoms. The number of carbonyl (C=O) groups is 1. The van der Waals surface area contributed by atoms with Crippen molar-refractivity contribution in [3.63, 3.8) is 0 Å². The number of para-hydroxylation sites is 1. The molecule has 4 nitrogen and oxygen atoms in total. The summed E-state index contributed by atoms with van der Waals surface area (Å²) in [4.78, 5) is 13.7. The molecule has 0 aromatic heterocycles. The first-order valence-corrected chi connectivity index (χ1v) is 11.0. The molecule has 3 atom stereocenters. The topological polar surface area (TPSA) is 53.2 Å². The van der Waals surface area contributed by atoms with Gasteiger partial charge in [0, 0.05) is 20.7 Å². The van der Waals surface area contributed by atoms with Crippen LogP contribution in [0.2, 0.25) is 5.02 Å². The zero-order chi connectivity index (χ0) is 21.1. The summed E-state index contributed by atoms with van der Waals surface area (Å²) >= 11 is 15.0. The van der Waals surface area contributed by atoms with Gasteiger partial charge in [-0.25, -0.2) is 0 Å². The summed E-state index contributed by atoms with van der Waals surface area (Å²) in [5.74, 6) is -0.463. The second-order valence-electron chi connectivity index (χ2n) is 7.03. The fraction of sp³-hybridized carbons (Fsp3) is 0.130. The van der Waals surface area contributed by atoms with E-state index in [-0.39, 0.29) is 11.8 Å². The largest absolute Gasteiger partial charge is 0.365 e. The number of thiocarbonyl (C=S) groups is 1. The molecule has 152 valence electrons. The highest BCUT2D eigenvalue weighted by Gasteiger charge is 2.41. The van der Waals surface area contributed by atoms with E-state index in [0.29, 0.717) is 15.7 Å². The van der Waals surface area contributed by atoms with Crippen molar-refractivity contribution in [3.8, 4) is 0 Å². The van der Waals surface area contributed by atoms with Crippen LogP contribution in [0.4, 0.5) is 5.69 Å². The molecule has 1 fully saturated rings. The van der Waals surface area contributed by atoms with Gasteiger partial charge in [-0.1, -0.05) is 57.9 Å². The molecule has 4 rings (SSSR count). The Bertz CT molecular complexity index is 1040. The van der Waals surface area contributed by atoms with E-state index in [2.05, 4.69) is 31.9 Å². The molecule has 1 saturated heterocycles. The fourth-order valence-corrected chi connectivity index (χ4v) is 4.25. The lowest BCUT2D eigenvalue weighted by Crippen LogP contribution is -2.61. The van der Waals surface area contributed by atoms with Crippen LogP contribution in [0.15, 0.2) is 83.3 Å². The van der Waals surface area contributed by atoms with Gasteiger partial charge in [-0.3, -0.25) is 4.79 Å². The van der Waals surface area contributed by atoms with Gasteiger partial charge < -0.3 is 16.0 Å². The first kappa shape index (κ1) is 20.8. The molecule has 1 heterocycles. The second-order valence-corrected chi connectivity index (χ2v) is 8.79. The molecule has 0 unspecified atom stereocenters. The second kappa shape index (κ2) is 9.16. The number of rotatable bonds is 5. The summed E-state index contributed by atoms with van der Waals surface area (Å²) in [6, 6.07) is 24.4. The number of halogens is 2. The van der Waals surface area contributed by atoms with Crippen LogP contribution in [0.5, 0.6) is 0 Å². The van der Waals surface area contributed by atoms with E-state index in [4.69, 9.17) is 23.8 Å². The van der Waals surface area contributed by atoms with Crippen LogP contribution < -0.4 is 16.0 Å². The molecule has 0 spiro atoms. The molecule has 3 aromatic rings. The van der Waals surface area contributed by atoms with Gasteiger partial charge in [0.05, 0.1) is 12.0 Å². The van der Waals surface area contributed by atoms with E-state index in [1.165, 1.54) is 0 Å². The van der Waals surface area contributed by atoms with Crippen molar-refractivity contribution in [3.05, 3.63) is 99.5 Å². The first-order chi connectivity index (χ1) is 14.5. The molecule has 1 aliphatic rings. The number of benzene rings is 3. The highest BCUT2D eigenvalue weighted by Crippen LogP contribution is 2.32. The van der Waals surface area contributed by atoms with Crippen molar-refractivity contribution in [1.82, 2.24) is 10.6 Å². The lowest BCUT2D eigenvalue weighted by molar-refractivity contribution is 0.0862. The van der Waals surface area contributed by atoms with E-state index in [1.54, 1.807) is 24.3 Å². The number of hydrogen-bond donors (Lipinski definition) is 3. The normalized spacial score (nSPS) is 20.7. The molecular weight excluding hydrogens is 482 g/mol. The minimum absolute atomic E-state index is 0.00415. The van der Waals surface area contributed by atoms with E-state index in [1.807, 2.05) is 54.6 Å². The Balaban J connectivity index is 1.74. The maximum atomic E-state index is 13.7. The molecule has 0 bridgehead atoms. The quantitative estimate of drug-likeness (QED) is 0.316. The minimum Gasteiger partial charge on any atom is -0.365 e. The lowest BCUT2D eigenvalue weighted by atomic mass is 9.83. The van der Waals surface area contributed by atoms with Gasteiger partial charge in [0.25, 0.3) is 0 Å². The van der Waals surface area contributed by atoms with Crippen molar-refractivity contribution in [2.45, 2.75) is 12.2 Å². The Kier molecular flexibility index (Phi) is 6.37. The minimum atomic E-state index is -0.459. The van der Waals surface area contributed by atoms with Crippen molar-refractivity contribution >= 4 is 56.3 Å². The Labute approximate surface area is 194 Å². The molecule has 0 saturated carbocycles. The number of nitrogens with one attached hydrogen (secondary N) is 3. The van der Waals surface area contributed by atoms with E-state index in [0.717, 1.165) is 15.7 Å². The molecule has 7 heteroatoms. The summed E-state index contributed by atoms with van der Waals surface area (Å²) in [5.41, 5.74) is 2.49. The van der Waals surface area contributed by atoms with E-state index in [9.17, 15) is 4.79 Å². The summed E-state index contributed by atoms with van der Waals surface area (Å²) < 4.78 is 0.974. The molecule has 3 aromatic carbocycles. The summed E-state index contributed by atoms with van der Waals surface area (Å²) in [6.45, 7) is 0. The van der Waals surface area contributed by atoms with Gasteiger partial charge in [0.2, 0.25) is 0 Å². The van der Waals surface area contributed by atoms with Gasteiger partial charge in [-0.2, -0.15) is 0 Å². The third kappa shape index (κ3) is 4.67. The van der Waals surface area contributed by atoms with Crippen molar-refractivity contribution in [2.24, 2.45) is 5.92 Å². The van der Waals surface area contributed by atoms with Crippen molar-refractivity contribution in [1.29, 1.82) is 0 Å². The molecule has 0 radical (unpaired) electrons. The first-order valence-electron chi connectivity index (χ1n) is 9.45. The monoisotopic (exact) mass is 499 g/mol. The Morgan fingerprint density at radius 3 is 2.27 bits per heavy atom. The van der Waals surface area contributed by atoms with Crippen molar-refractivity contribution < 1.29 is 4.79 Å². The third-order valence-corrected chi connectivity index (χ3v) is 6.06. The summed E-state index contributed by atoms with van der Waals surface area (Å²) in [6.07, 6.45) is -0.391. The van der Waals surface area contributed by atoms with Gasteiger partial charge in [0.1, 0.15) is 6.17 Å². The number of anilines is 1. The average Bonchev–Trinajstić information content (AvgIpc) is 2.75. The predicted molar refractivity (Wildman–Crippen MR) is 129 cm³/mol. The summed E-state index contributed by atoms with van der Waals surface area (Å²) in [7, 11) is 0. The Hall–Kier alpha value is -2.41. The van der Waals surface area contributed by atoms with Crippen LogP contribution in [-0.4, -0.2) is 17.1 Å². The Morgan fingerprint density at radius 1 is 0.933 bits per heavy atom. The number of carbonyl (C=O) groups excluding carboxylic acids is 1. The van der Waals surface area contributed by atoms with Crippen LogP contribution in [0.1, 0.15) is 22.0 Å². The van der Waals surface area contributed by atoms with Gasteiger partial charge >= 0.3 is 0 Å². The van der Waals surface area contributed by atoms with Crippen LogP contribution >= 0.6 is 39.7 Å². The number of hydrogen-bond acceptors (Lipinski definition) is 3. The Morgan fingerprint density at radius 2 is 1.60 bits per heavy atom. The fourth-order valence-electron chi connectivity index (χ4n) is 3.61. The molecular formula is C23H19BrClN3OS. The maximum Gasteiger partial charge on any atom is 0.172 e. The highest BCUT2D eigenvalue weighted by molar-refractivity contribution is 9.10. The molecule has 0 amide bonds. The van der Waals surface area contributed by atoms with E-state index < -0.39 is 12.1 Å². The van der Waals surface area contributed by atoms with Crippen LogP contribution in [0.25, 0.3) is 0 Å². The van der Waals surface area contributed by atoms with Crippen LogP contribution in [0, 0.1) is 5.92 Å². The zero-order valence-corrected chi connectivity index (χ0v) is 19.0. The summed E-state index contributed by atoms with van der Waals surface area (Å²) in [5, 5.41) is 11.1. The SMILES string of the molecule is O=C(c1ccc(Cl)cc1)[C@H]1[C@@H](Nc2ccccc2)NC(=S)N[C@H]1c1ccc(Br)cc1. The van der Waals surface area contributed by atoms with Gasteiger partial charge in [-0.05, 0) is 66.3 Å². The smallest absolute Gasteiger partial charge is 0.172 e. The van der Waals surface area contributed by atoms with Crippen LogP contribution in [0.3, 0.4) is 0 Å². The standard InChI is InChI=1S/C23H19BrClN3OS/c24-16-10-6-14(7-11-16)20-19(21(29)15-8-12-17(25)13-9-15)22(28-23(30)27-20)26-18-4-2-1-3-5-18/h1-13,19-20,22,26H,(H2,27,28,30)/t19-,20-,22-/m0/s1. The predicted octanol–water partition coefficient (Wildman–Crippen LogP) is 5.56. The van der Waals surface area contributed by atoms with Gasteiger partial charge in [0.15, 0.2) is 10.9 Å². The maximum absolute atomic E-state index is 13.7. The molecule has 0 aliphatic carbocycles. The highest BCUT2D eigenvalue weighted by atomic mass is 79.9. The van der Waals surface area contributed by atoms with E-state index >= 15 is 0 Å². The van der Waals surface area contributed by atoms with Gasteiger partial charge in [-0.15, -0.1) is 0 Å². The lowest BCUT2D eigenvalue weighted by Gasteiger charge is -2.41. The molecule has 1 aliphatic heterocycles. The zero-order valence-electron chi connectivity index (χ0n) is 15.8. The molecule has 3 N–H and O–H groups in total. The van der Waals surface area contributed by atoms with Crippen LogP contribution in [-0.2, 0) is 0 Å². The number of ketones is 1. The number of Topliss-reactive ketones (excluding diaryl/α,β-unsaturated/α-hetero) is 1. The van der Waals surface area contributed by atoms with Crippen molar-refractivity contribution in [2.75, 3.05) is 5.32 Å². The average molecular weight is 501 g/mol. The third-order valence-electron chi connectivity index (χ3n) is 5.05.